The average Bonchev–Trinajstić information content (AvgIpc) is 2.45. The van der Waals surface area contributed by atoms with Crippen LogP contribution < -0.4 is 16.0 Å². The number of nitrogens with zero attached hydrogens (tertiary/aromatic N) is 2. The Morgan fingerprint density at radius 3 is 2.43 bits per heavy atom. The van der Waals surface area contributed by atoms with Gasteiger partial charge < -0.3 is 10.2 Å². The molecule has 5 heteroatoms. The van der Waals surface area contributed by atoms with Gasteiger partial charge in [0.15, 0.2) is 5.82 Å². The van der Waals surface area contributed by atoms with Crippen molar-refractivity contribution in [3.63, 3.8) is 0 Å². The van der Waals surface area contributed by atoms with Gasteiger partial charge >= 0.3 is 0 Å². The molecule has 0 bridgehead atoms. The molecule has 0 unspecified atom stereocenters. The van der Waals surface area contributed by atoms with Crippen LogP contribution in [0.5, 0.6) is 5.75 Å². The number of nitrogens with two attached hydrogens (primary N) is 1. The molecule has 0 atom stereocenters. The molecule has 1 aromatic heterocycles. The molecule has 5 nitrogen and oxygen atoms in total. The van der Waals surface area contributed by atoms with Gasteiger partial charge in [-0.05, 0) is 43.5 Å². The van der Waals surface area contributed by atoms with Crippen LogP contribution in [0.1, 0.15) is 36.6 Å². The van der Waals surface area contributed by atoms with Crippen LogP contribution in [0.25, 0.3) is 11.4 Å². The molecule has 0 saturated carbocycles. The number of aromatic nitrogens is 2. The van der Waals surface area contributed by atoms with Crippen molar-refractivity contribution >= 4 is 5.82 Å². The second kappa shape index (κ2) is 6.10. The van der Waals surface area contributed by atoms with Crippen molar-refractivity contribution in [1.82, 2.24) is 9.97 Å². The standard InChI is InChI=1S/C16H22N4O/c1-9(2)14-11(4)18-15(19-16(14)20-17)12-6-7-13(21-5)10(3)8-12/h6-9H,17H2,1-5H3,(H,18,19,20). The van der Waals surface area contributed by atoms with E-state index in [-0.39, 0.29) is 0 Å². The molecule has 2 aromatic rings. The Hall–Kier alpha value is -2.14. The number of benzene rings is 1. The van der Waals surface area contributed by atoms with Gasteiger partial charge in [-0.15, -0.1) is 0 Å². The summed E-state index contributed by atoms with van der Waals surface area (Å²) in [5.41, 5.74) is 6.67. The minimum Gasteiger partial charge on any atom is -0.496 e. The Kier molecular flexibility index (Phi) is 4.43. The van der Waals surface area contributed by atoms with Crippen molar-refractivity contribution in [2.75, 3.05) is 12.5 Å². The Balaban J connectivity index is 2.55. The maximum atomic E-state index is 5.62. The Labute approximate surface area is 125 Å². The van der Waals surface area contributed by atoms with Crippen LogP contribution in [0, 0.1) is 13.8 Å². The van der Waals surface area contributed by atoms with Gasteiger partial charge in [0.25, 0.3) is 0 Å². The molecule has 1 heterocycles. The van der Waals surface area contributed by atoms with Gasteiger partial charge in [0, 0.05) is 16.8 Å². The Morgan fingerprint density at radius 2 is 1.90 bits per heavy atom. The molecule has 0 aliphatic carbocycles. The molecule has 0 aliphatic rings. The van der Waals surface area contributed by atoms with Crippen LogP contribution in [0.4, 0.5) is 5.82 Å². The normalized spacial score (nSPS) is 10.8. The van der Waals surface area contributed by atoms with Gasteiger partial charge in [0.2, 0.25) is 0 Å². The average molecular weight is 286 g/mol. The Morgan fingerprint density at radius 1 is 1.19 bits per heavy atom. The highest BCUT2D eigenvalue weighted by atomic mass is 16.5. The van der Waals surface area contributed by atoms with E-state index in [2.05, 4.69) is 29.2 Å². The topological polar surface area (TPSA) is 73.1 Å². The molecule has 112 valence electrons. The predicted octanol–water partition coefficient (Wildman–Crippen LogP) is 3.18. The minimum absolute atomic E-state index is 0.308. The highest BCUT2D eigenvalue weighted by molar-refractivity contribution is 5.62. The molecule has 3 N–H and O–H groups in total. The smallest absolute Gasteiger partial charge is 0.161 e. The fourth-order valence-corrected chi connectivity index (χ4v) is 2.53. The van der Waals surface area contributed by atoms with Crippen LogP contribution in [0.3, 0.4) is 0 Å². The van der Waals surface area contributed by atoms with Crippen LogP contribution in [-0.2, 0) is 0 Å². The number of hydrogen-bond donors (Lipinski definition) is 2. The number of hydrazine groups is 1. The number of aryl methyl sites for hydroxylation is 2. The highest BCUT2D eigenvalue weighted by Crippen LogP contribution is 2.29. The number of nitrogen functional groups attached to an aromatic ring is 1. The zero-order valence-electron chi connectivity index (χ0n) is 13.2. The maximum Gasteiger partial charge on any atom is 0.161 e. The highest BCUT2D eigenvalue weighted by Gasteiger charge is 2.15. The number of ether oxygens (including phenoxy) is 1. The fraction of sp³-hybridized carbons (Fsp3) is 0.375. The van der Waals surface area contributed by atoms with Gasteiger partial charge in [-0.1, -0.05) is 13.8 Å². The van der Waals surface area contributed by atoms with E-state index in [0.717, 1.165) is 28.1 Å². The lowest BCUT2D eigenvalue weighted by molar-refractivity contribution is 0.412. The fourth-order valence-electron chi connectivity index (χ4n) is 2.53. The van der Waals surface area contributed by atoms with Crippen molar-refractivity contribution in [2.24, 2.45) is 5.84 Å². The number of methoxy groups -OCH3 is 1. The summed E-state index contributed by atoms with van der Waals surface area (Å²) in [6.07, 6.45) is 0. The van der Waals surface area contributed by atoms with Gasteiger partial charge in [-0.25, -0.2) is 15.8 Å². The van der Waals surface area contributed by atoms with Crippen LogP contribution >= 0.6 is 0 Å². The molecular weight excluding hydrogens is 264 g/mol. The zero-order valence-corrected chi connectivity index (χ0v) is 13.2. The van der Waals surface area contributed by atoms with Crippen LogP contribution in [0.15, 0.2) is 18.2 Å². The third kappa shape index (κ3) is 2.97. The molecule has 0 saturated heterocycles. The van der Waals surface area contributed by atoms with E-state index in [4.69, 9.17) is 10.6 Å². The molecule has 0 aliphatic heterocycles. The lowest BCUT2D eigenvalue weighted by Gasteiger charge is -2.15. The molecule has 2 rings (SSSR count). The summed E-state index contributed by atoms with van der Waals surface area (Å²) < 4.78 is 5.28. The number of hydrogen-bond acceptors (Lipinski definition) is 5. The summed E-state index contributed by atoms with van der Waals surface area (Å²) in [5.74, 6) is 8.12. The zero-order chi connectivity index (χ0) is 15.6. The molecule has 21 heavy (non-hydrogen) atoms. The number of rotatable bonds is 4. The van der Waals surface area contributed by atoms with Crippen molar-refractivity contribution in [1.29, 1.82) is 0 Å². The first kappa shape index (κ1) is 15.3. The summed E-state index contributed by atoms with van der Waals surface area (Å²) in [4.78, 5) is 9.17. The monoisotopic (exact) mass is 286 g/mol. The van der Waals surface area contributed by atoms with E-state index in [1.54, 1.807) is 7.11 Å². The first-order chi connectivity index (χ1) is 9.97. The number of anilines is 1. The molecule has 1 aromatic carbocycles. The third-order valence-electron chi connectivity index (χ3n) is 3.50. The third-order valence-corrected chi connectivity index (χ3v) is 3.50. The quantitative estimate of drug-likeness (QED) is 0.667. The SMILES string of the molecule is COc1ccc(-c2nc(C)c(C(C)C)c(NN)n2)cc1C. The lowest BCUT2D eigenvalue weighted by atomic mass is 10.0. The minimum atomic E-state index is 0.308. The second-order valence-electron chi connectivity index (χ2n) is 5.38. The summed E-state index contributed by atoms with van der Waals surface area (Å²) in [5, 5.41) is 0. The van der Waals surface area contributed by atoms with E-state index in [0.29, 0.717) is 17.6 Å². The summed E-state index contributed by atoms with van der Waals surface area (Å²) in [6, 6.07) is 5.90. The van der Waals surface area contributed by atoms with Crippen LogP contribution in [0.2, 0.25) is 0 Å². The molecule has 0 spiro atoms. The van der Waals surface area contributed by atoms with E-state index in [1.807, 2.05) is 32.0 Å². The largest absolute Gasteiger partial charge is 0.496 e. The number of nitrogens with one attached hydrogen (secondary N) is 1. The lowest BCUT2D eigenvalue weighted by Crippen LogP contribution is -2.14. The van der Waals surface area contributed by atoms with E-state index in [1.165, 1.54) is 0 Å². The van der Waals surface area contributed by atoms with Gasteiger partial charge in [-0.2, -0.15) is 0 Å². The molecular formula is C16H22N4O. The predicted molar refractivity (Wildman–Crippen MR) is 85.4 cm³/mol. The van der Waals surface area contributed by atoms with Crippen molar-refractivity contribution in [2.45, 2.75) is 33.6 Å². The van der Waals surface area contributed by atoms with Gasteiger partial charge in [0.1, 0.15) is 11.6 Å². The van der Waals surface area contributed by atoms with Crippen LogP contribution in [-0.4, -0.2) is 17.1 Å². The van der Waals surface area contributed by atoms with E-state index >= 15 is 0 Å². The molecule has 0 fully saturated rings. The van der Waals surface area contributed by atoms with Gasteiger partial charge in [-0.3, -0.25) is 0 Å². The second-order valence-corrected chi connectivity index (χ2v) is 5.38. The van der Waals surface area contributed by atoms with Crippen molar-refractivity contribution in [3.8, 4) is 17.1 Å². The van der Waals surface area contributed by atoms with E-state index in [9.17, 15) is 0 Å². The maximum absolute atomic E-state index is 5.62. The summed E-state index contributed by atoms with van der Waals surface area (Å²) in [7, 11) is 1.66. The first-order valence-corrected chi connectivity index (χ1v) is 6.98. The van der Waals surface area contributed by atoms with E-state index < -0.39 is 0 Å². The molecule has 0 radical (unpaired) electrons. The molecule has 0 amide bonds. The summed E-state index contributed by atoms with van der Waals surface area (Å²) >= 11 is 0. The van der Waals surface area contributed by atoms with Gasteiger partial charge in [0.05, 0.1) is 7.11 Å². The first-order valence-electron chi connectivity index (χ1n) is 6.98. The summed E-state index contributed by atoms with van der Waals surface area (Å²) in [6.45, 7) is 8.19. The van der Waals surface area contributed by atoms with Crippen molar-refractivity contribution < 1.29 is 4.74 Å². The Bertz CT molecular complexity index is 653. The van der Waals surface area contributed by atoms with Crippen molar-refractivity contribution in [3.05, 3.63) is 35.0 Å².